The van der Waals surface area contributed by atoms with E-state index in [4.69, 9.17) is 0 Å². The highest BCUT2D eigenvalue weighted by molar-refractivity contribution is 14.1. The summed E-state index contributed by atoms with van der Waals surface area (Å²) in [4.78, 5) is 21.8. The zero-order valence-corrected chi connectivity index (χ0v) is 10.3. The lowest BCUT2D eigenvalue weighted by atomic mass is 10.1. The first-order chi connectivity index (χ1) is 7.45. The van der Waals surface area contributed by atoms with Crippen LogP contribution in [0.2, 0.25) is 0 Å². The molecule has 1 rings (SSSR count). The van der Waals surface area contributed by atoms with Gasteiger partial charge in [-0.1, -0.05) is 0 Å². The number of carbonyl (C=O) groups is 2. The Kier molecular flexibility index (Phi) is 4.34. The normalized spacial score (nSPS) is 10.3. The molecule has 0 saturated carbocycles. The molecule has 0 amide bonds. The number of aldehydes is 1. The Morgan fingerprint density at radius 3 is 2.56 bits per heavy atom. The Labute approximate surface area is 104 Å². The van der Waals surface area contributed by atoms with Crippen LogP contribution in [0.15, 0.2) is 12.1 Å². The van der Waals surface area contributed by atoms with Crippen molar-refractivity contribution in [3.05, 3.63) is 26.8 Å². The first-order valence-corrected chi connectivity index (χ1v) is 5.28. The number of halogens is 3. The zero-order valence-electron chi connectivity index (χ0n) is 8.17. The summed E-state index contributed by atoms with van der Waals surface area (Å²) in [6.45, 7) is -1.72. The number of rotatable bonds is 4. The van der Waals surface area contributed by atoms with Crippen LogP contribution in [0.1, 0.15) is 27.6 Å². The van der Waals surface area contributed by atoms with Crippen molar-refractivity contribution in [2.45, 2.75) is 13.5 Å². The number of benzene rings is 1. The summed E-state index contributed by atoms with van der Waals surface area (Å²) in [5, 5.41) is 0. The van der Waals surface area contributed by atoms with E-state index >= 15 is 0 Å². The standard InChI is InChI=1S/C10H7F2IO3/c1-5(15)7-3-9(16-10(11)12)6(4-14)2-8(7)13/h2-4,10H,1H3. The number of carbonyl (C=O) groups excluding carboxylic acids is 2. The van der Waals surface area contributed by atoms with E-state index in [1.165, 1.54) is 13.0 Å². The second kappa shape index (κ2) is 5.33. The highest BCUT2D eigenvalue weighted by atomic mass is 127. The van der Waals surface area contributed by atoms with Gasteiger partial charge in [-0.05, 0) is 41.6 Å². The van der Waals surface area contributed by atoms with Gasteiger partial charge in [0.15, 0.2) is 12.1 Å². The second-order valence-corrected chi connectivity index (χ2v) is 4.08. The second-order valence-electron chi connectivity index (χ2n) is 2.92. The molecular weight excluding hydrogens is 333 g/mol. The summed E-state index contributed by atoms with van der Waals surface area (Å²) < 4.78 is 28.8. The monoisotopic (exact) mass is 340 g/mol. The molecule has 0 aliphatic rings. The molecule has 0 aromatic heterocycles. The van der Waals surface area contributed by atoms with Gasteiger partial charge in [0.2, 0.25) is 0 Å². The average Bonchev–Trinajstić information content (AvgIpc) is 2.18. The summed E-state index contributed by atoms with van der Waals surface area (Å²) in [6.07, 6.45) is 0.407. The first-order valence-electron chi connectivity index (χ1n) is 4.20. The van der Waals surface area contributed by atoms with Crippen molar-refractivity contribution >= 4 is 34.7 Å². The molecule has 0 saturated heterocycles. The van der Waals surface area contributed by atoms with Gasteiger partial charge in [0.25, 0.3) is 0 Å². The highest BCUT2D eigenvalue weighted by Gasteiger charge is 2.15. The van der Waals surface area contributed by atoms with Crippen molar-refractivity contribution in [2.75, 3.05) is 0 Å². The number of ketones is 1. The quantitative estimate of drug-likeness (QED) is 0.481. The molecule has 0 atom stereocenters. The Balaban J connectivity index is 3.28. The van der Waals surface area contributed by atoms with E-state index < -0.39 is 6.61 Å². The van der Waals surface area contributed by atoms with Crippen molar-refractivity contribution in [3.8, 4) is 5.75 Å². The molecule has 0 bridgehead atoms. The minimum absolute atomic E-state index is 0.00491. The number of alkyl halides is 2. The molecule has 0 radical (unpaired) electrons. The first kappa shape index (κ1) is 13.0. The average molecular weight is 340 g/mol. The molecule has 0 N–H and O–H groups in total. The van der Waals surface area contributed by atoms with E-state index in [1.807, 2.05) is 22.6 Å². The van der Waals surface area contributed by atoms with E-state index in [1.54, 1.807) is 0 Å². The largest absolute Gasteiger partial charge is 0.434 e. The lowest BCUT2D eigenvalue weighted by Crippen LogP contribution is -2.07. The van der Waals surface area contributed by atoms with Crippen molar-refractivity contribution in [1.82, 2.24) is 0 Å². The van der Waals surface area contributed by atoms with Crippen LogP contribution < -0.4 is 4.74 Å². The molecule has 0 fully saturated rings. The topological polar surface area (TPSA) is 43.4 Å². The van der Waals surface area contributed by atoms with Crippen LogP contribution in [-0.2, 0) is 0 Å². The van der Waals surface area contributed by atoms with Crippen molar-refractivity contribution < 1.29 is 23.1 Å². The zero-order chi connectivity index (χ0) is 12.3. The summed E-state index contributed by atoms with van der Waals surface area (Å²) in [5.41, 5.74) is 0.247. The van der Waals surface area contributed by atoms with Gasteiger partial charge in [-0.3, -0.25) is 9.59 Å². The Morgan fingerprint density at radius 2 is 2.12 bits per heavy atom. The number of hydrogen-bond donors (Lipinski definition) is 0. The van der Waals surface area contributed by atoms with Crippen LogP contribution in [0.5, 0.6) is 5.75 Å². The van der Waals surface area contributed by atoms with E-state index in [2.05, 4.69) is 4.74 Å². The third kappa shape index (κ3) is 2.97. The van der Waals surface area contributed by atoms with E-state index in [9.17, 15) is 18.4 Å². The van der Waals surface area contributed by atoms with Gasteiger partial charge in [0.1, 0.15) is 5.75 Å². The predicted molar refractivity (Wildman–Crippen MR) is 61.2 cm³/mol. The lowest BCUT2D eigenvalue weighted by Gasteiger charge is -2.09. The van der Waals surface area contributed by atoms with Gasteiger partial charge in [0, 0.05) is 9.13 Å². The molecular formula is C10H7F2IO3. The minimum atomic E-state index is -3.03. The van der Waals surface area contributed by atoms with Crippen LogP contribution in [0.4, 0.5) is 8.78 Å². The Bertz CT molecular complexity index is 432. The van der Waals surface area contributed by atoms with Crippen LogP contribution in [0.3, 0.4) is 0 Å². The molecule has 3 nitrogen and oxygen atoms in total. The van der Waals surface area contributed by atoms with Gasteiger partial charge < -0.3 is 4.74 Å². The van der Waals surface area contributed by atoms with E-state index in [0.29, 0.717) is 9.86 Å². The molecule has 0 heterocycles. The Hall–Kier alpha value is -1.05. The predicted octanol–water partition coefficient (Wildman–Crippen LogP) is 2.91. The number of ether oxygens (including phenoxy) is 1. The maximum atomic E-state index is 12.0. The third-order valence-electron chi connectivity index (χ3n) is 1.82. The summed E-state index contributed by atoms with van der Waals surface area (Å²) in [5.74, 6) is -0.559. The van der Waals surface area contributed by atoms with Crippen LogP contribution in [0, 0.1) is 3.57 Å². The maximum absolute atomic E-state index is 12.0. The molecule has 1 aromatic rings. The fourth-order valence-electron chi connectivity index (χ4n) is 1.13. The molecule has 1 aromatic carbocycles. The van der Waals surface area contributed by atoms with E-state index in [0.717, 1.165) is 6.07 Å². The van der Waals surface area contributed by atoms with Crippen molar-refractivity contribution in [3.63, 3.8) is 0 Å². The van der Waals surface area contributed by atoms with Gasteiger partial charge in [0.05, 0.1) is 5.56 Å². The molecule has 0 unspecified atom stereocenters. The maximum Gasteiger partial charge on any atom is 0.387 e. The van der Waals surface area contributed by atoms with Crippen LogP contribution in [-0.4, -0.2) is 18.7 Å². The van der Waals surface area contributed by atoms with Crippen molar-refractivity contribution in [1.29, 1.82) is 0 Å². The molecule has 0 aliphatic heterocycles. The van der Waals surface area contributed by atoms with Gasteiger partial charge >= 0.3 is 6.61 Å². The molecule has 86 valence electrons. The summed E-state index contributed by atoms with van der Waals surface area (Å²) >= 11 is 1.85. The third-order valence-corrected chi connectivity index (χ3v) is 2.71. The summed E-state index contributed by atoms with van der Waals surface area (Å²) in [7, 11) is 0. The van der Waals surface area contributed by atoms with Crippen LogP contribution >= 0.6 is 22.6 Å². The number of Topliss-reactive ketones (excluding diaryl/α,β-unsaturated/α-hetero) is 1. The fraction of sp³-hybridized carbons (Fsp3) is 0.200. The minimum Gasteiger partial charge on any atom is -0.434 e. The van der Waals surface area contributed by atoms with Gasteiger partial charge in [-0.2, -0.15) is 8.78 Å². The summed E-state index contributed by atoms with van der Waals surface area (Å²) in [6, 6.07) is 2.49. The van der Waals surface area contributed by atoms with Crippen molar-refractivity contribution in [2.24, 2.45) is 0 Å². The van der Waals surface area contributed by atoms with Gasteiger partial charge in [-0.15, -0.1) is 0 Å². The molecule has 0 spiro atoms. The molecule has 16 heavy (non-hydrogen) atoms. The Morgan fingerprint density at radius 1 is 1.50 bits per heavy atom. The highest BCUT2D eigenvalue weighted by Crippen LogP contribution is 2.25. The lowest BCUT2D eigenvalue weighted by molar-refractivity contribution is -0.0501. The van der Waals surface area contributed by atoms with E-state index in [-0.39, 0.29) is 22.7 Å². The molecule has 6 heteroatoms. The smallest absolute Gasteiger partial charge is 0.387 e. The van der Waals surface area contributed by atoms with Crippen LogP contribution in [0.25, 0.3) is 0 Å². The molecule has 0 aliphatic carbocycles. The van der Waals surface area contributed by atoms with Gasteiger partial charge in [-0.25, -0.2) is 0 Å². The fourth-order valence-corrected chi connectivity index (χ4v) is 2.00. The number of hydrogen-bond acceptors (Lipinski definition) is 3. The SMILES string of the molecule is CC(=O)c1cc(OC(F)F)c(C=O)cc1I.